The highest BCUT2D eigenvalue weighted by Gasteiger charge is 2.28. The second-order valence-corrected chi connectivity index (χ2v) is 5.99. The third-order valence-electron chi connectivity index (χ3n) is 4.19. The van der Waals surface area contributed by atoms with Gasteiger partial charge in [0.25, 0.3) is 0 Å². The summed E-state index contributed by atoms with van der Waals surface area (Å²) in [6, 6.07) is 3.35. The molecule has 1 aliphatic rings. The first-order valence-electron chi connectivity index (χ1n) is 7.88. The molecule has 1 aliphatic heterocycles. The lowest BCUT2D eigenvalue weighted by Gasteiger charge is -2.34. The molecule has 116 valence electrons. The molecule has 1 atom stereocenters. The summed E-state index contributed by atoms with van der Waals surface area (Å²) in [4.78, 5) is 14.9. The smallest absolute Gasteiger partial charge is 0.241 e. The number of hydrogen-bond acceptors (Lipinski definition) is 3. The van der Waals surface area contributed by atoms with Crippen LogP contribution in [0.4, 0.5) is 5.69 Å². The van der Waals surface area contributed by atoms with Crippen LogP contribution >= 0.6 is 0 Å². The number of nitrogens with zero attached hydrogens (tertiary/aromatic N) is 1. The highest BCUT2D eigenvalue weighted by atomic mass is 16.3. The summed E-state index contributed by atoms with van der Waals surface area (Å²) in [5.74, 6) is 0.327. The first-order valence-corrected chi connectivity index (χ1v) is 7.88. The molecule has 1 amide bonds. The highest BCUT2D eigenvalue weighted by molar-refractivity contribution is 5.96. The molecule has 0 radical (unpaired) electrons. The Morgan fingerprint density at radius 2 is 2.00 bits per heavy atom. The zero-order valence-corrected chi connectivity index (χ0v) is 13.3. The number of phenols is 1. The first kappa shape index (κ1) is 15.8. The fourth-order valence-electron chi connectivity index (χ4n) is 3.19. The van der Waals surface area contributed by atoms with Crippen molar-refractivity contribution in [1.82, 2.24) is 4.90 Å². The Morgan fingerprint density at radius 1 is 1.33 bits per heavy atom. The van der Waals surface area contributed by atoms with Crippen molar-refractivity contribution in [2.45, 2.75) is 52.5 Å². The van der Waals surface area contributed by atoms with Crippen LogP contribution in [0, 0.1) is 13.8 Å². The zero-order chi connectivity index (χ0) is 15.4. The Kier molecular flexibility index (Phi) is 5.23. The number of benzene rings is 1. The van der Waals surface area contributed by atoms with Gasteiger partial charge in [0.15, 0.2) is 0 Å². The molecule has 2 N–H and O–H groups in total. The topological polar surface area (TPSA) is 52.6 Å². The predicted molar refractivity (Wildman–Crippen MR) is 85.7 cm³/mol. The van der Waals surface area contributed by atoms with Crippen LogP contribution in [-0.2, 0) is 4.79 Å². The quantitative estimate of drug-likeness (QED) is 0.837. The molecule has 1 fully saturated rings. The van der Waals surface area contributed by atoms with E-state index in [1.54, 1.807) is 12.1 Å². The summed E-state index contributed by atoms with van der Waals surface area (Å²) >= 11 is 0. The summed E-state index contributed by atoms with van der Waals surface area (Å²) in [6.07, 6.45) is 4.30. The zero-order valence-electron chi connectivity index (χ0n) is 13.3. The van der Waals surface area contributed by atoms with E-state index in [1.807, 2.05) is 13.8 Å². The van der Waals surface area contributed by atoms with Crippen LogP contribution < -0.4 is 5.32 Å². The summed E-state index contributed by atoms with van der Waals surface area (Å²) in [6.45, 7) is 7.96. The summed E-state index contributed by atoms with van der Waals surface area (Å²) in [5.41, 5.74) is 2.64. The fourth-order valence-corrected chi connectivity index (χ4v) is 3.19. The van der Waals surface area contributed by atoms with Gasteiger partial charge in [0.05, 0.1) is 6.04 Å². The predicted octanol–water partition coefficient (Wildman–Crippen LogP) is 3.21. The summed E-state index contributed by atoms with van der Waals surface area (Å²) in [5, 5.41) is 12.7. The van der Waals surface area contributed by atoms with E-state index in [0.717, 1.165) is 49.2 Å². The molecule has 0 aliphatic carbocycles. The lowest BCUT2D eigenvalue weighted by molar-refractivity contribution is -0.122. The molecule has 0 saturated carbocycles. The fraction of sp³-hybridized carbons (Fsp3) is 0.588. The van der Waals surface area contributed by atoms with Crippen molar-refractivity contribution < 1.29 is 9.90 Å². The first-order chi connectivity index (χ1) is 10.0. The molecule has 1 heterocycles. The number of rotatable bonds is 4. The van der Waals surface area contributed by atoms with Crippen molar-refractivity contribution in [3.63, 3.8) is 0 Å². The lowest BCUT2D eigenvalue weighted by Crippen LogP contribution is -2.47. The molecule has 4 heteroatoms. The van der Waals surface area contributed by atoms with Gasteiger partial charge in [0.2, 0.25) is 5.91 Å². The van der Waals surface area contributed by atoms with Crippen LogP contribution in [-0.4, -0.2) is 35.0 Å². The van der Waals surface area contributed by atoms with Crippen LogP contribution in [0.25, 0.3) is 0 Å². The number of anilines is 1. The van der Waals surface area contributed by atoms with Gasteiger partial charge in [0, 0.05) is 5.69 Å². The Morgan fingerprint density at radius 3 is 2.62 bits per heavy atom. The minimum absolute atomic E-state index is 0.0219. The maximum absolute atomic E-state index is 12.6. The third-order valence-corrected chi connectivity index (χ3v) is 4.19. The van der Waals surface area contributed by atoms with Crippen LogP contribution in [0.5, 0.6) is 5.75 Å². The van der Waals surface area contributed by atoms with Crippen LogP contribution in [0.15, 0.2) is 12.1 Å². The molecule has 0 aromatic heterocycles. The van der Waals surface area contributed by atoms with E-state index >= 15 is 0 Å². The van der Waals surface area contributed by atoms with Crippen molar-refractivity contribution >= 4 is 11.6 Å². The van der Waals surface area contributed by atoms with Crippen LogP contribution in [0.3, 0.4) is 0 Å². The van der Waals surface area contributed by atoms with Crippen molar-refractivity contribution in [3.05, 3.63) is 23.3 Å². The molecule has 0 unspecified atom stereocenters. The standard InChI is InChI=1S/C17H26N2O2/c1-4-8-19-9-6-5-7-15(19)17(21)18-16-12(2)10-14(20)11-13(16)3/h10-11,15,20H,4-9H2,1-3H3,(H,18,21)/t15-/m0/s1. The Balaban J connectivity index is 2.13. The number of aromatic hydroxyl groups is 1. The SMILES string of the molecule is CCCN1CCCC[C@H]1C(=O)Nc1c(C)cc(O)cc1C. The van der Waals surface area contributed by atoms with Gasteiger partial charge in [0.1, 0.15) is 5.75 Å². The van der Waals surface area contributed by atoms with E-state index in [-0.39, 0.29) is 17.7 Å². The van der Waals surface area contributed by atoms with E-state index in [9.17, 15) is 9.90 Å². The van der Waals surface area contributed by atoms with E-state index in [2.05, 4.69) is 17.1 Å². The van der Waals surface area contributed by atoms with Gasteiger partial charge in [-0.1, -0.05) is 13.3 Å². The molecular formula is C17H26N2O2. The normalized spacial score (nSPS) is 19.5. The van der Waals surface area contributed by atoms with Gasteiger partial charge in [-0.2, -0.15) is 0 Å². The molecule has 1 aromatic carbocycles. The molecule has 4 nitrogen and oxygen atoms in total. The maximum Gasteiger partial charge on any atom is 0.241 e. The van der Waals surface area contributed by atoms with Gasteiger partial charge in [-0.15, -0.1) is 0 Å². The van der Waals surface area contributed by atoms with E-state index in [1.165, 1.54) is 6.42 Å². The van der Waals surface area contributed by atoms with Crippen molar-refractivity contribution in [3.8, 4) is 5.75 Å². The number of aryl methyl sites for hydroxylation is 2. The lowest BCUT2D eigenvalue weighted by atomic mass is 10.0. The van der Waals surface area contributed by atoms with Crippen molar-refractivity contribution in [1.29, 1.82) is 0 Å². The summed E-state index contributed by atoms with van der Waals surface area (Å²) < 4.78 is 0. The van der Waals surface area contributed by atoms with Gasteiger partial charge < -0.3 is 10.4 Å². The third kappa shape index (κ3) is 3.76. The van der Waals surface area contributed by atoms with E-state index < -0.39 is 0 Å². The monoisotopic (exact) mass is 290 g/mol. The van der Waals surface area contributed by atoms with Crippen molar-refractivity contribution in [2.75, 3.05) is 18.4 Å². The number of carbonyl (C=O) groups is 1. The Hall–Kier alpha value is -1.55. The number of nitrogens with one attached hydrogen (secondary N) is 1. The average Bonchev–Trinajstić information content (AvgIpc) is 2.43. The van der Waals surface area contributed by atoms with E-state index in [4.69, 9.17) is 0 Å². The molecule has 21 heavy (non-hydrogen) atoms. The molecule has 1 aromatic rings. The number of phenolic OH excluding ortho intramolecular Hbond substituents is 1. The van der Waals surface area contributed by atoms with Crippen molar-refractivity contribution in [2.24, 2.45) is 0 Å². The van der Waals surface area contributed by atoms with Gasteiger partial charge >= 0.3 is 0 Å². The largest absolute Gasteiger partial charge is 0.508 e. The van der Waals surface area contributed by atoms with Crippen LogP contribution in [0.2, 0.25) is 0 Å². The second-order valence-electron chi connectivity index (χ2n) is 5.99. The second kappa shape index (κ2) is 6.94. The summed E-state index contributed by atoms with van der Waals surface area (Å²) in [7, 11) is 0. The van der Waals surface area contributed by atoms with Gasteiger partial charge in [-0.3, -0.25) is 9.69 Å². The number of hydrogen-bond donors (Lipinski definition) is 2. The Bertz CT molecular complexity index is 489. The molecule has 0 spiro atoms. The molecular weight excluding hydrogens is 264 g/mol. The maximum atomic E-state index is 12.6. The Labute approximate surface area is 127 Å². The van der Waals surface area contributed by atoms with Gasteiger partial charge in [-0.05, 0) is 69.5 Å². The number of amides is 1. The minimum Gasteiger partial charge on any atom is -0.508 e. The van der Waals surface area contributed by atoms with E-state index in [0.29, 0.717) is 0 Å². The average molecular weight is 290 g/mol. The number of likely N-dealkylation sites (tertiary alicyclic amines) is 1. The number of carbonyl (C=O) groups excluding carboxylic acids is 1. The van der Waals surface area contributed by atoms with Gasteiger partial charge in [-0.25, -0.2) is 0 Å². The van der Waals surface area contributed by atoms with Crippen LogP contribution in [0.1, 0.15) is 43.7 Å². The number of piperidine rings is 1. The molecule has 1 saturated heterocycles. The highest BCUT2D eigenvalue weighted by Crippen LogP contribution is 2.27. The minimum atomic E-state index is -0.0219. The molecule has 0 bridgehead atoms. The molecule has 2 rings (SSSR count).